The Morgan fingerprint density at radius 2 is 1.63 bits per heavy atom. The second-order valence-electron chi connectivity index (χ2n) is 6.85. The van der Waals surface area contributed by atoms with Gasteiger partial charge in [-0.2, -0.15) is 0 Å². The summed E-state index contributed by atoms with van der Waals surface area (Å²) in [6.07, 6.45) is 1.91. The van der Waals surface area contributed by atoms with Crippen LogP contribution in [0.5, 0.6) is 0 Å². The Balaban J connectivity index is 1.69. The number of anilines is 2. The minimum absolute atomic E-state index is 0.0851. The number of nitro benzene ring substituents is 1. The SMILES string of the molecule is O=C1CCCC(=O)N1c1ccc(N2CCc3ccccc3C2)c([N+](=O)[O-])c1. The molecule has 2 heterocycles. The van der Waals surface area contributed by atoms with E-state index in [9.17, 15) is 19.7 Å². The molecule has 138 valence electrons. The number of amides is 2. The zero-order valence-electron chi connectivity index (χ0n) is 14.8. The molecule has 27 heavy (non-hydrogen) atoms. The fourth-order valence-corrected chi connectivity index (χ4v) is 3.81. The van der Waals surface area contributed by atoms with Gasteiger partial charge >= 0.3 is 0 Å². The Morgan fingerprint density at radius 1 is 0.926 bits per heavy atom. The summed E-state index contributed by atoms with van der Waals surface area (Å²) in [6, 6.07) is 12.7. The van der Waals surface area contributed by atoms with E-state index in [1.165, 1.54) is 11.6 Å². The topological polar surface area (TPSA) is 83.8 Å². The summed E-state index contributed by atoms with van der Waals surface area (Å²) in [6.45, 7) is 1.27. The van der Waals surface area contributed by atoms with Crippen molar-refractivity contribution in [1.29, 1.82) is 0 Å². The molecular formula is C20H19N3O4. The van der Waals surface area contributed by atoms with E-state index in [0.717, 1.165) is 16.9 Å². The van der Waals surface area contributed by atoms with Gasteiger partial charge in [-0.15, -0.1) is 0 Å². The van der Waals surface area contributed by atoms with Crippen LogP contribution >= 0.6 is 0 Å². The van der Waals surface area contributed by atoms with Crippen molar-refractivity contribution >= 4 is 28.9 Å². The average molecular weight is 365 g/mol. The zero-order valence-corrected chi connectivity index (χ0v) is 14.8. The third-order valence-electron chi connectivity index (χ3n) is 5.17. The number of nitrogens with zero attached hydrogens (tertiary/aromatic N) is 3. The third kappa shape index (κ3) is 3.16. The molecule has 2 aliphatic heterocycles. The first-order valence-electron chi connectivity index (χ1n) is 9.00. The average Bonchev–Trinajstić information content (AvgIpc) is 2.67. The van der Waals surface area contributed by atoms with Crippen molar-refractivity contribution in [2.75, 3.05) is 16.3 Å². The molecule has 2 aliphatic rings. The molecule has 2 amide bonds. The number of rotatable bonds is 3. The number of fused-ring (bicyclic) bond motifs is 1. The van der Waals surface area contributed by atoms with E-state index in [0.29, 0.717) is 25.2 Å². The van der Waals surface area contributed by atoms with Gasteiger partial charge in [0.2, 0.25) is 11.8 Å². The van der Waals surface area contributed by atoms with Gasteiger partial charge in [-0.05, 0) is 36.1 Å². The Hall–Kier alpha value is -3.22. The van der Waals surface area contributed by atoms with Crippen LogP contribution in [0.25, 0.3) is 0 Å². The minimum atomic E-state index is -0.446. The van der Waals surface area contributed by atoms with Gasteiger partial charge in [0.1, 0.15) is 5.69 Å². The van der Waals surface area contributed by atoms with Crippen LogP contribution in [0.3, 0.4) is 0 Å². The molecule has 0 saturated carbocycles. The summed E-state index contributed by atoms with van der Waals surface area (Å²) in [5, 5.41) is 11.7. The van der Waals surface area contributed by atoms with E-state index in [1.807, 2.05) is 23.1 Å². The van der Waals surface area contributed by atoms with Crippen molar-refractivity contribution in [2.24, 2.45) is 0 Å². The van der Waals surface area contributed by atoms with Crippen LogP contribution in [0.15, 0.2) is 42.5 Å². The molecule has 4 rings (SSSR count). The molecule has 0 unspecified atom stereocenters. The lowest BCUT2D eigenvalue weighted by Crippen LogP contribution is -2.40. The Kier molecular flexibility index (Phi) is 4.35. The van der Waals surface area contributed by atoms with E-state index in [1.54, 1.807) is 12.1 Å². The molecule has 0 aromatic heterocycles. The maximum Gasteiger partial charge on any atom is 0.294 e. The van der Waals surface area contributed by atoms with Gasteiger partial charge in [0.05, 0.1) is 10.6 Å². The van der Waals surface area contributed by atoms with E-state index in [2.05, 4.69) is 6.07 Å². The van der Waals surface area contributed by atoms with Crippen molar-refractivity contribution in [3.8, 4) is 0 Å². The van der Waals surface area contributed by atoms with Crippen LogP contribution in [0.2, 0.25) is 0 Å². The number of hydrogen-bond acceptors (Lipinski definition) is 5. The summed E-state index contributed by atoms with van der Waals surface area (Å²) < 4.78 is 0. The van der Waals surface area contributed by atoms with Crippen LogP contribution in [0.4, 0.5) is 17.1 Å². The summed E-state index contributed by atoms with van der Waals surface area (Å²) in [4.78, 5) is 38.6. The van der Waals surface area contributed by atoms with Crippen molar-refractivity contribution in [3.05, 3.63) is 63.7 Å². The van der Waals surface area contributed by atoms with Crippen LogP contribution in [0.1, 0.15) is 30.4 Å². The highest BCUT2D eigenvalue weighted by Crippen LogP contribution is 2.36. The lowest BCUT2D eigenvalue weighted by Gasteiger charge is -2.31. The van der Waals surface area contributed by atoms with Crippen molar-refractivity contribution in [1.82, 2.24) is 0 Å². The van der Waals surface area contributed by atoms with Crippen molar-refractivity contribution in [2.45, 2.75) is 32.2 Å². The van der Waals surface area contributed by atoms with Crippen molar-refractivity contribution < 1.29 is 14.5 Å². The van der Waals surface area contributed by atoms with Crippen LogP contribution < -0.4 is 9.80 Å². The standard InChI is InChI=1S/C20H19N3O4/c24-19-6-3-7-20(25)22(19)16-8-9-17(18(12-16)23(26)27)21-11-10-14-4-1-2-5-15(14)13-21/h1-2,4-5,8-9,12H,3,6-7,10-11,13H2. The molecular weight excluding hydrogens is 346 g/mol. The molecule has 7 nitrogen and oxygen atoms in total. The molecule has 2 aromatic carbocycles. The fraction of sp³-hybridized carbons (Fsp3) is 0.300. The van der Waals surface area contributed by atoms with Gasteiger partial charge in [-0.3, -0.25) is 24.6 Å². The Morgan fingerprint density at radius 3 is 2.33 bits per heavy atom. The van der Waals surface area contributed by atoms with E-state index in [4.69, 9.17) is 0 Å². The molecule has 0 atom stereocenters. The number of imide groups is 1. The zero-order chi connectivity index (χ0) is 19.0. The summed E-state index contributed by atoms with van der Waals surface area (Å²) >= 11 is 0. The second-order valence-corrected chi connectivity index (χ2v) is 6.85. The second kappa shape index (κ2) is 6.83. The van der Waals surface area contributed by atoms with Gasteiger partial charge in [-0.25, -0.2) is 0 Å². The van der Waals surface area contributed by atoms with Crippen LogP contribution in [0, 0.1) is 10.1 Å². The number of carbonyl (C=O) groups is 2. The Bertz CT molecular complexity index is 925. The lowest BCUT2D eigenvalue weighted by molar-refractivity contribution is -0.384. The highest BCUT2D eigenvalue weighted by atomic mass is 16.6. The first-order valence-corrected chi connectivity index (χ1v) is 9.00. The molecule has 1 fully saturated rings. The first-order chi connectivity index (χ1) is 13.0. The summed E-state index contributed by atoms with van der Waals surface area (Å²) in [5.41, 5.74) is 3.12. The van der Waals surface area contributed by atoms with E-state index in [-0.39, 0.29) is 36.0 Å². The van der Waals surface area contributed by atoms with Gasteiger partial charge in [0.25, 0.3) is 5.69 Å². The third-order valence-corrected chi connectivity index (χ3v) is 5.17. The number of piperidine rings is 1. The monoisotopic (exact) mass is 365 g/mol. The molecule has 1 saturated heterocycles. The molecule has 0 spiro atoms. The highest BCUT2D eigenvalue weighted by Gasteiger charge is 2.30. The van der Waals surface area contributed by atoms with Crippen LogP contribution in [-0.4, -0.2) is 23.3 Å². The largest absolute Gasteiger partial charge is 0.361 e. The van der Waals surface area contributed by atoms with E-state index >= 15 is 0 Å². The predicted molar refractivity (Wildman–Crippen MR) is 101 cm³/mol. The van der Waals surface area contributed by atoms with Gasteiger partial charge in [-0.1, -0.05) is 24.3 Å². The van der Waals surface area contributed by atoms with Gasteiger partial charge < -0.3 is 4.90 Å². The number of benzene rings is 2. The molecule has 0 radical (unpaired) electrons. The lowest BCUT2D eigenvalue weighted by atomic mass is 9.99. The fourth-order valence-electron chi connectivity index (χ4n) is 3.81. The predicted octanol–water partition coefficient (Wildman–Crippen LogP) is 3.20. The number of hydrogen-bond donors (Lipinski definition) is 0. The van der Waals surface area contributed by atoms with Gasteiger partial charge in [0.15, 0.2) is 0 Å². The molecule has 0 aliphatic carbocycles. The number of carbonyl (C=O) groups excluding carboxylic acids is 2. The summed E-state index contributed by atoms with van der Waals surface area (Å²) in [5.74, 6) is -0.611. The Labute approximate surface area is 156 Å². The maximum atomic E-state index is 12.1. The molecule has 0 bridgehead atoms. The summed E-state index contributed by atoms with van der Waals surface area (Å²) in [7, 11) is 0. The van der Waals surface area contributed by atoms with E-state index < -0.39 is 4.92 Å². The van der Waals surface area contributed by atoms with Crippen molar-refractivity contribution in [3.63, 3.8) is 0 Å². The van der Waals surface area contributed by atoms with Gasteiger partial charge in [0, 0.05) is 32.0 Å². The molecule has 0 N–H and O–H groups in total. The molecule has 2 aromatic rings. The smallest absolute Gasteiger partial charge is 0.294 e. The quantitative estimate of drug-likeness (QED) is 0.474. The highest BCUT2D eigenvalue weighted by molar-refractivity contribution is 6.16. The molecule has 7 heteroatoms. The van der Waals surface area contributed by atoms with Crippen LogP contribution in [-0.2, 0) is 22.6 Å². The first kappa shape index (κ1) is 17.2. The maximum absolute atomic E-state index is 12.1. The number of nitro groups is 1. The minimum Gasteiger partial charge on any atom is -0.361 e. The normalized spacial score (nSPS) is 17.0.